The number of carbonyl (C=O) groups excluding carboxylic acids is 1. The van der Waals surface area contributed by atoms with Crippen LogP contribution in [0.4, 0.5) is 0 Å². The first kappa shape index (κ1) is 14.3. The van der Waals surface area contributed by atoms with Crippen molar-refractivity contribution in [2.24, 2.45) is 18.4 Å². The number of ketones is 1. The van der Waals surface area contributed by atoms with Gasteiger partial charge in [0.1, 0.15) is 5.78 Å². The topological polar surface area (TPSA) is 46.9 Å². The van der Waals surface area contributed by atoms with Crippen LogP contribution in [0.2, 0.25) is 0 Å². The number of rotatable bonds is 4. The molecule has 1 saturated heterocycles. The van der Waals surface area contributed by atoms with Crippen LogP contribution in [0.3, 0.4) is 0 Å². The van der Waals surface area contributed by atoms with Crippen molar-refractivity contribution in [3.63, 3.8) is 0 Å². The van der Waals surface area contributed by atoms with E-state index in [-0.39, 0.29) is 5.41 Å². The van der Waals surface area contributed by atoms with Crippen LogP contribution in [0.1, 0.15) is 38.1 Å². The maximum Gasteiger partial charge on any atom is 0.144 e. The molecule has 19 heavy (non-hydrogen) atoms. The molecule has 1 fully saturated rings. The summed E-state index contributed by atoms with van der Waals surface area (Å²) in [5, 5.41) is 7.72. The Bertz CT molecular complexity index is 456. The SMILES string of the molecule is Cc1cc(CC(=O)C(C)(C)C2CCCNC2)n(C)n1. The maximum absolute atomic E-state index is 12.6. The van der Waals surface area contributed by atoms with Crippen LogP contribution in [0.15, 0.2) is 6.07 Å². The Morgan fingerprint density at radius 2 is 2.32 bits per heavy atom. The molecular weight excluding hydrogens is 238 g/mol. The molecule has 1 aliphatic rings. The van der Waals surface area contributed by atoms with E-state index in [9.17, 15) is 4.79 Å². The Hall–Kier alpha value is -1.16. The van der Waals surface area contributed by atoms with Crippen molar-refractivity contribution in [1.82, 2.24) is 15.1 Å². The zero-order valence-electron chi connectivity index (χ0n) is 12.5. The molecule has 0 bridgehead atoms. The average molecular weight is 263 g/mol. The van der Waals surface area contributed by atoms with E-state index in [0.29, 0.717) is 18.1 Å². The van der Waals surface area contributed by atoms with Gasteiger partial charge in [-0.3, -0.25) is 9.48 Å². The summed E-state index contributed by atoms with van der Waals surface area (Å²) in [6.07, 6.45) is 2.81. The summed E-state index contributed by atoms with van der Waals surface area (Å²) < 4.78 is 1.82. The molecule has 4 heteroatoms. The van der Waals surface area contributed by atoms with Crippen LogP contribution in [0, 0.1) is 18.3 Å². The third-order valence-corrected chi connectivity index (χ3v) is 4.48. The average Bonchev–Trinajstić information content (AvgIpc) is 2.69. The summed E-state index contributed by atoms with van der Waals surface area (Å²) >= 11 is 0. The molecule has 1 aliphatic heterocycles. The minimum atomic E-state index is -0.258. The quantitative estimate of drug-likeness (QED) is 0.902. The molecule has 2 heterocycles. The lowest BCUT2D eigenvalue weighted by Crippen LogP contribution is -2.43. The highest BCUT2D eigenvalue weighted by molar-refractivity contribution is 5.86. The number of aryl methyl sites for hydroxylation is 2. The monoisotopic (exact) mass is 263 g/mol. The number of hydrogen-bond donors (Lipinski definition) is 1. The first-order valence-electron chi connectivity index (χ1n) is 7.15. The van der Waals surface area contributed by atoms with Gasteiger partial charge in [0.2, 0.25) is 0 Å². The van der Waals surface area contributed by atoms with Crippen LogP contribution >= 0.6 is 0 Å². The zero-order valence-corrected chi connectivity index (χ0v) is 12.5. The van der Waals surface area contributed by atoms with E-state index in [4.69, 9.17) is 0 Å². The van der Waals surface area contributed by atoms with E-state index in [1.165, 1.54) is 6.42 Å². The largest absolute Gasteiger partial charge is 0.316 e. The summed E-state index contributed by atoms with van der Waals surface area (Å²) in [5.41, 5.74) is 1.73. The minimum absolute atomic E-state index is 0.258. The van der Waals surface area contributed by atoms with Gasteiger partial charge in [-0.15, -0.1) is 0 Å². The molecule has 1 N–H and O–H groups in total. The van der Waals surface area contributed by atoms with E-state index in [0.717, 1.165) is 30.9 Å². The first-order chi connectivity index (χ1) is 8.91. The van der Waals surface area contributed by atoms with Crippen LogP contribution in [0.5, 0.6) is 0 Å². The number of Topliss-reactive ketones (excluding diaryl/α,β-unsaturated/α-hetero) is 1. The van der Waals surface area contributed by atoms with Gasteiger partial charge in [0, 0.05) is 24.6 Å². The summed E-state index contributed by atoms with van der Waals surface area (Å²) in [5.74, 6) is 0.771. The van der Waals surface area contributed by atoms with Gasteiger partial charge in [-0.05, 0) is 44.8 Å². The van der Waals surface area contributed by atoms with Gasteiger partial charge in [0.05, 0.1) is 5.69 Å². The molecule has 0 spiro atoms. The van der Waals surface area contributed by atoms with Crippen molar-refractivity contribution in [3.8, 4) is 0 Å². The van der Waals surface area contributed by atoms with Crippen LogP contribution in [0.25, 0.3) is 0 Å². The lowest BCUT2D eigenvalue weighted by atomic mass is 9.71. The van der Waals surface area contributed by atoms with Crippen molar-refractivity contribution >= 4 is 5.78 Å². The molecule has 0 amide bonds. The van der Waals surface area contributed by atoms with Crippen molar-refractivity contribution in [3.05, 3.63) is 17.5 Å². The third kappa shape index (κ3) is 3.06. The van der Waals surface area contributed by atoms with Gasteiger partial charge in [-0.1, -0.05) is 13.8 Å². The molecule has 106 valence electrons. The molecule has 0 saturated carbocycles. The second kappa shape index (κ2) is 5.45. The third-order valence-electron chi connectivity index (χ3n) is 4.48. The van der Waals surface area contributed by atoms with Gasteiger partial charge in [0.15, 0.2) is 0 Å². The maximum atomic E-state index is 12.6. The number of nitrogens with zero attached hydrogens (tertiary/aromatic N) is 2. The summed E-state index contributed by atoms with van der Waals surface area (Å²) in [4.78, 5) is 12.6. The molecular formula is C15H25N3O. The summed E-state index contributed by atoms with van der Waals surface area (Å²) in [6, 6.07) is 2.01. The molecule has 0 aliphatic carbocycles. The lowest BCUT2D eigenvalue weighted by Gasteiger charge is -2.36. The van der Waals surface area contributed by atoms with Crippen LogP contribution < -0.4 is 5.32 Å². The van der Waals surface area contributed by atoms with Crippen LogP contribution in [-0.4, -0.2) is 28.7 Å². The Morgan fingerprint density at radius 1 is 1.58 bits per heavy atom. The fraction of sp³-hybridized carbons (Fsp3) is 0.733. The smallest absolute Gasteiger partial charge is 0.144 e. The molecule has 1 aromatic rings. The number of nitrogens with one attached hydrogen (secondary N) is 1. The lowest BCUT2D eigenvalue weighted by molar-refractivity contribution is -0.129. The van der Waals surface area contributed by atoms with E-state index in [2.05, 4.69) is 24.3 Å². The highest BCUT2D eigenvalue weighted by atomic mass is 16.1. The van der Waals surface area contributed by atoms with E-state index in [1.54, 1.807) is 0 Å². The van der Waals surface area contributed by atoms with Crippen LogP contribution in [-0.2, 0) is 18.3 Å². The summed E-state index contributed by atoms with van der Waals surface area (Å²) in [6.45, 7) is 8.20. The van der Waals surface area contributed by atoms with Gasteiger partial charge in [0.25, 0.3) is 0 Å². The molecule has 1 unspecified atom stereocenters. The highest BCUT2D eigenvalue weighted by Gasteiger charge is 2.37. The Kier molecular flexibility index (Phi) is 4.09. The van der Waals surface area contributed by atoms with Crippen molar-refractivity contribution in [1.29, 1.82) is 0 Å². The number of hydrogen-bond acceptors (Lipinski definition) is 3. The fourth-order valence-electron chi connectivity index (χ4n) is 2.92. The first-order valence-corrected chi connectivity index (χ1v) is 7.15. The fourth-order valence-corrected chi connectivity index (χ4v) is 2.92. The number of aromatic nitrogens is 2. The van der Waals surface area contributed by atoms with E-state index >= 15 is 0 Å². The van der Waals surface area contributed by atoms with Gasteiger partial charge in [-0.2, -0.15) is 5.10 Å². The second-order valence-corrected chi connectivity index (χ2v) is 6.27. The van der Waals surface area contributed by atoms with E-state index in [1.807, 2.05) is 24.7 Å². The minimum Gasteiger partial charge on any atom is -0.316 e. The standard InChI is InChI=1S/C15H25N3O/c1-11-8-13(18(4)17-11)9-14(19)15(2,3)12-6-5-7-16-10-12/h8,12,16H,5-7,9-10H2,1-4H3. The Labute approximate surface area is 115 Å². The summed E-state index contributed by atoms with van der Waals surface area (Å²) in [7, 11) is 1.91. The number of carbonyl (C=O) groups is 1. The molecule has 0 radical (unpaired) electrons. The predicted molar refractivity (Wildman–Crippen MR) is 76.0 cm³/mol. The van der Waals surface area contributed by atoms with Crippen molar-refractivity contribution in [2.75, 3.05) is 13.1 Å². The number of piperidine rings is 1. The van der Waals surface area contributed by atoms with Gasteiger partial charge < -0.3 is 5.32 Å². The predicted octanol–water partition coefficient (Wildman–Crippen LogP) is 1.87. The normalized spacial score (nSPS) is 20.5. The second-order valence-electron chi connectivity index (χ2n) is 6.27. The van der Waals surface area contributed by atoms with Gasteiger partial charge >= 0.3 is 0 Å². The molecule has 1 aromatic heterocycles. The molecule has 2 rings (SSSR count). The van der Waals surface area contributed by atoms with Crippen molar-refractivity contribution < 1.29 is 4.79 Å². The highest BCUT2D eigenvalue weighted by Crippen LogP contribution is 2.33. The molecule has 4 nitrogen and oxygen atoms in total. The molecule has 1 atom stereocenters. The Morgan fingerprint density at radius 3 is 2.84 bits per heavy atom. The Balaban J connectivity index is 2.07. The van der Waals surface area contributed by atoms with Gasteiger partial charge in [-0.25, -0.2) is 0 Å². The van der Waals surface area contributed by atoms with E-state index < -0.39 is 0 Å². The molecule has 0 aromatic carbocycles. The zero-order chi connectivity index (χ0) is 14.0. The van der Waals surface area contributed by atoms with Crippen molar-refractivity contribution in [2.45, 2.75) is 40.0 Å².